The van der Waals surface area contributed by atoms with E-state index in [0.29, 0.717) is 11.5 Å². The zero-order valence-corrected chi connectivity index (χ0v) is 10.4. The van der Waals surface area contributed by atoms with Crippen molar-refractivity contribution in [3.63, 3.8) is 0 Å². The van der Waals surface area contributed by atoms with Crippen molar-refractivity contribution in [2.24, 2.45) is 0 Å². The smallest absolute Gasteiger partial charge is 0.150 e. The average molecular weight is 282 g/mol. The van der Waals surface area contributed by atoms with Gasteiger partial charge < -0.3 is 11.6 Å². The van der Waals surface area contributed by atoms with Crippen LogP contribution in [0.3, 0.4) is 0 Å². The van der Waals surface area contributed by atoms with Crippen molar-refractivity contribution in [3.8, 4) is 11.3 Å². The molecule has 0 aliphatic heterocycles. The Labute approximate surface area is 102 Å². The van der Waals surface area contributed by atoms with Crippen molar-refractivity contribution in [2.45, 2.75) is 13.3 Å². The highest BCUT2D eigenvalue weighted by molar-refractivity contribution is 9.10. The van der Waals surface area contributed by atoms with Gasteiger partial charge in [-0.2, -0.15) is 0 Å². The molecule has 4 N–H and O–H groups in total. The predicted octanol–water partition coefficient (Wildman–Crippen LogP) is 1.57. The number of imidazole rings is 1. The van der Waals surface area contributed by atoms with Gasteiger partial charge in [0.25, 0.3) is 0 Å². The van der Waals surface area contributed by atoms with Gasteiger partial charge in [-0.1, -0.05) is 6.92 Å². The quantitative estimate of drug-likeness (QED) is 0.819. The first-order valence-electron chi connectivity index (χ1n) is 4.86. The Hall–Kier alpha value is -1.56. The zero-order chi connectivity index (χ0) is 11.7. The molecule has 0 atom stereocenters. The Morgan fingerprint density at radius 1 is 1.44 bits per heavy atom. The minimum absolute atomic E-state index is 0.455. The third-order valence-electron chi connectivity index (χ3n) is 2.32. The molecule has 84 valence electrons. The van der Waals surface area contributed by atoms with Crippen LogP contribution < -0.4 is 11.6 Å². The van der Waals surface area contributed by atoms with Gasteiger partial charge in [0, 0.05) is 28.9 Å². The van der Waals surface area contributed by atoms with Crippen LogP contribution in [0, 0.1) is 0 Å². The van der Waals surface area contributed by atoms with E-state index in [2.05, 4.69) is 25.9 Å². The fourth-order valence-electron chi connectivity index (χ4n) is 1.50. The van der Waals surface area contributed by atoms with Crippen molar-refractivity contribution in [3.05, 3.63) is 28.8 Å². The molecule has 0 bridgehead atoms. The Morgan fingerprint density at radius 3 is 2.75 bits per heavy atom. The number of hydrogen-bond donors (Lipinski definition) is 2. The number of hydrogen-bond acceptors (Lipinski definition) is 4. The Balaban J connectivity index is 2.56. The average Bonchev–Trinajstić information content (AvgIpc) is 2.56. The second kappa shape index (κ2) is 4.13. The molecule has 0 radical (unpaired) electrons. The van der Waals surface area contributed by atoms with Crippen molar-refractivity contribution < 1.29 is 0 Å². The molecule has 0 unspecified atom stereocenters. The first-order valence-corrected chi connectivity index (χ1v) is 5.66. The van der Waals surface area contributed by atoms with Gasteiger partial charge in [-0.15, -0.1) is 0 Å². The number of nitrogen functional groups attached to an aromatic ring is 2. The molecule has 0 amide bonds. The highest BCUT2D eigenvalue weighted by atomic mass is 79.9. The molecule has 16 heavy (non-hydrogen) atoms. The van der Waals surface area contributed by atoms with Crippen LogP contribution in [-0.2, 0) is 6.42 Å². The van der Waals surface area contributed by atoms with Crippen LogP contribution in [0.5, 0.6) is 0 Å². The van der Waals surface area contributed by atoms with Crippen LogP contribution in [0.1, 0.15) is 12.7 Å². The molecule has 0 fully saturated rings. The molecule has 2 aromatic rings. The first-order chi connectivity index (χ1) is 7.63. The summed E-state index contributed by atoms with van der Waals surface area (Å²) in [6.45, 7) is 1.98. The highest BCUT2D eigenvalue weighted by Gasteiger charge is 2.13. The van der Waals surface area contributed by atoms with Gasteiger partial charge in [0.1, 0.15) is 11.5 Å². The number of nitrogens with two attached hydrogens (primary N) is 2. The molecular formula is C10H12BrN5. The number of aryl methyl sites for hydroxylation is 1. The zero-order valence-electron chi connectivity index (χ0n) is 8.81. The largest absolute Gasteiger partial charge is 0.382 e. The normalized spacial score (nSPS) is 10.6. The van der Waals surface area contributed by atoms with E-state index in [9.17, 15) is 0 Å². The number of nitrogens with zero attached hydrogens (tertiary/aromatic N) is 3. The highest BCUT2D eigenvalue weighted by Crippen LogP contribution is 2.26. The molecule has 6 heteroatoms. The molecule has 2 rings (SSSR count). The van der Waals surface area contributed by atoms with Gasteiger partial charge >= 0.3 is 0 Å². The van der Waals surface area contributed by atoms with Gasteiger partial charge in [0.05, 0.1) is 0 Å². The number of anilines is 1. The lowest BCUT2D eigenvalue weighted by Gasteiger charge is -2.00. The number of rotatable bonds is 2. The summed E-state index contributed by atoms with van der Waals surface area (Å²) in [5.41, 5.74) is 7.42. The predicted molar refractivity (Wildman–Crippen MR) is 67.1 cm³/mol. The minimum atomic E-state index is 0.455. The van der Waals surface area contributed by atoms with Crippen molar-refractivity contribution in [1.82, 2.24) is 14.6 Å². The van der Waals surface area contributed by atoms with E-state index in [1.165, 1.54) is 4.68 Å². The third-order valence-corrected chi connectivity index (χ3v) is 2.75. The SMILES string of the molecule is CCc1nc(-c2cncc(Br)c2)c(N)n1N. The lowest BCUT2D eigenvalue weighted by molar-refractivity contribution is 0.865. The van der Waals surface area contributed by atoms with Crippen LogP contribution in [0.4, 0.5) is 5.82 Å². The maximum atomic E-state index is 5.89. The molecule has 0 saturated heterocycles. The lowest BCUT2D eigenvalue weighted by atomic mass is 10.2. The molecule has 0 saturated carbocycles. The Kier molecular flexibility index (Phi) is 2.82. The molecule has 0 spiro atoms. The monoisotopic (exact) mass is 281 g/mol. The number of pyridine rings is 1. The fraction of sp³-hybridized carbons (Fsp3) is 0.200. The first kappa shape index (κ1) is 10.9. The van der Waals surface area contributed by atoms with Crippen LogP contribution in [0.25, 0.3) is 11.3 Å². The summed E-state index contributed by atoms with van der Waals surface area (Å²) in [6, 6.07) is 1.91. The Morgan fingerprint density at radius 2 is 2.19 bits per heavy atom. The molecule has 2 heterocycles. The number of halogens is 1. The molecule has 0 aliphatic carbocycles. The maximum absolute atomic E-state index is 5.89. The van der Waals surface area contributed by atoms with E-state index < -0.39 is 0 Å². The third kappa shape index (κ3) is 1.76. The van der Waals surface area contributed by atoms with Gasteiger partial charge in [-0.25, -0.2) is 9.66 Å². The summed E-state index contributed by atoms with van der Waals surface area (Å²) in [6.07, 6.45) is 4.16. The van der Waals surface area contributed by atoms with Crippen LogP contribution in [0.2, 0.25) is 0 Å². The standard InChI is InChI=1S/C10H12BrN5/c1-2-8-15-9(10(12)16(8)13)6-3-7(11)5-14-4-6/h3-5H,2,12-13H2,1H3. The van der Waals surface area contributed by atoms with Gasteiger partial charge in [0.2, 0.25) is 0 Å². The van der Waals surface area contributed by atoms with Crippen molar-refractivity contribution in [1.29, 1.82) is 0 Å². The second-order valence-corrected chi connectivity index (χ2v) is 4.29. The topological polar surface area (TPSA) is 82.8 Å². The second-order valence-electron chi connectivity index (χ2n) is 3.38. The number of aromatic nitrogens is 3. The van der Waals surface area contributed by atoms with E-state index in [4.69, 9.17) is 11.6 Å². The van der Waals surface area contributed by atoms with E-state index in [0.717, 1.165) is 22.3 Å². The summed E-state index contributed by atoms with van der Waals surface area (Å²) >= 11 is 3.36. The van der Waals surface area contributed by atoms with E-state index in [1.54, 1.807) is 12.4 Å². The summed E-state index contributed by atoms with van der Waals surface area (Å²) in [4.78, 5) is 8.47. The van der Waals surface area contributed by atoms with Crippen LogP contribution in [0.15, 0.2) is 22.9 Å². The molecule has 2 aromatic heterocycles. The lowest BCUT2D eigenvalue weighted by Crippen LogP contribution is -2.14. The molecular weight excluding hydrogens is 270 g/mol. The van der Waals surface area contributed by atoms with Crippen molar-refractivity contribution >= 4 is 21.7 Å². The maximum Gasteiger partial charge on any atom is 0.150 e. The van der Waals surface area contributed by atoms with Crippen LogP contribution in [-0.4, -0.2) is 14.6 Å². The van der Waals surface area contributed by atoms with E-state index >= 15 is 0 Å². The molecule has 0 aliphatic rings. The van der Waals surface area contributed by atoms with Crippen LogP contribution >= 0.6 is 15.9 Å². The van der Waals surface area contributed by atoms with E-state index in [-0.39, 0.29) is 0 Å². The van der Waals surface area contributed by atoms with Crippen molar-refractivity contribution in [2.75, 3.05) is 11.6 Å². The van der Waals surface area contributed by atoms with Gasteiger partial charge in [-0.05, 0) is 22.0 Å². The fourth-order valence-corrected chi connectivity index (χ4v) is 1.86. The van der Waals surface area contributed by atoms with E-state index in [1.807, 2.05) is 13.0 Å². The minimum Gasteiger partial charge on any atom is -0.382 e. The molecule has 5 nitrogen and oxygen atoms in total. The summed E-state index contributed by atoms with van der Waals surface area (Å²) in [5, 5.41) is 0. The Bertz CT molecular complexity index is 520. The summed E-state index contributed by atoms with van der Waals surface area (Å²) in [7, 11) is 0. The van der Waals surface area contributed by atoms with Gasteiger partial charge in [-0.3, -0.25) is 4.98 Å². The summed E-state index contributed by atoms with van der Waals surface area (Å²) < 4.78 is 2.30. The summed E-state index contributed by atoms with van der Waals surface area (Å²) in [5.74, 6) is 7.00. The van der Waals surface area contributed by atoms with Gasteiger partial charge in [0.15, 0.2) is 5.82 Å². The molecule has 0 aromatic carbocycles.